The van der Waals surface area contributed by atoms with Gasteiger partial charge in [-0.15, -0.1) is 11.3 Å². The van der Waals surface area contributed by atoms with Crippen LogP contribution >= 0.6 is 11.3 Å². The van der Waals surface area contributed by atoms with E-state index >= 15 is 0 Å². The van der Waals surface area contributed by atoms with Crippen molar-refractivity contribution in [3.8, 4) is 10.4 Å². The molecule has 5 heteroatoms. The number of allylic oxidation sites excluding steroid dienone is 3. The van der Waals surface area contributed by atoms with Crippen molar-refractivity contribution in [2.45, 2.75) is 13.3 Å². The Morgan fingerprint density at radius 2 is 1.93 bits per heavy atom. The van der Waals surface area contributed by atoms with Gasteiger partial charge in [-0.05, 0) is 79.7 Å². The van der Waals surface area contributed by atoms with E-state index in [1.54, 1.807) is 15.8 Å². The lowest BCUT2D eigenvalue weighted by Gasteiger charge is -2.11. The number of rotatable bonds is 6. The molecular weight excluding hydrogens is 373 g/mol. The summed E-state index contributed by atoms with van der Waals surface area (Å²) in [5.41, 5.74) is 12.2. The Hall–Kier alpha value is -2.89. The van der Waals surface area contributed by atoms with Crippen LogP contribution in [-0.2, 0) is 0 Å². The molecule has 3 heterocycles. The maximum absolute atomic E-state index is 6.07. The van der Waals surface area contributed by atoms with Crippen LogP contribution in [-0.4, -0.2) is 24.7 Å². The smallest absolute Gasteiger partial charge is 0.234 e. The lowest BCUT2D eigenvalue weighted by Crippen LogP contribution is -2.05. The Morgan fingerprint density at radius 3 is 2.66 bits per heavy atom. The van der Waals surface area contributed by atoms with Gasteiger partial charge in [0, 0.05) is 21.0 Å². The Balaban J connectivity index is 1.60. The van der Waals surface area contributed by atoms with Crippen molar-refractivity contribution < 1.29 is 0 Å². The molecule has 1 aromatic carbocycles. The quantitative estimate of drug-likeness (QED) is 0.564. The molecule has 0 amide bonds. The SMILES string of the molecule is [B]n1cccc1/C(CCN)=C1N=C(/C=C/c2ccc(-c3ccccc3)s2)C=C\1C. The minimum absolute atomic E-state index is 0.551. The lowest BCUT2D eigenvalue weighted by atomic mass is 10.0. The van der Waals surface area contributed by atoms with Gasteiger partial charge in [0.25, 0.3) is 0 Å². The number of thiophene rings is 1. The van der Waals surface area contributed by atoms with Crippen LogP contribution in [0.4, 0.5) is 0 Å². The van der Waals surface area contributed by atoms with Gasteiger partial charge in [-0.25, -0.2) is 4.99 Å². The summed E-state index contributed by atoms with van der Waals surface area (Å²) < 4.78 is 1.63. The average molecular weight is 395 g/mol. The summed E-state index contributed by atoms with van der Waals surface area (Å²) >= 11 is 1.77. The second-order valence-electron chi connectivity index (χ2n) is 6.93. The van der Waals surface area contributed by atoms with Crippen LogP contribution in [0.3, 0.4) is 0 Å². The van der Waals surface area contributed by atoms with Crippen molar-refractivity contribution in [1.82, 2.24) is 4.48 Å². The first-order chi connectivity index (χ1) is 14.2. The van der Waals surface area contributed by atoms with Gasteiger partial charge in [-0.2, -0.15) is 0 Å². The highest BCUT2D eigenvalue weighted by Gasteiger charge is 2.17. The first kappa shape index (κ1) is 19.4. The van der Waals surface area contributed by atoms with Gasteiger partial charge in [0.05, 0.1) is 11.4 Å². The van der Waals surface area contributed by atoms with Crippen molar-refractivity contribution >= 4 is 36.7 Å². The van der Waals surface area contributed by atoms with E-state index in [1.807, 2.05) is 24.4 Å². The lowest BCUT2D eigenvalue weighted by molar-refractivity contribution is 0.997. The Labute approximate surface area is 177 Å². The molecule has 29 heavy (non-hydrogen) atoms. The molecule has 0 unspecified atom stereocenters. The van der Waals surface area contributed by atoms with E-state index in [4.69, 9.17) is 18.7 Å². The molecule has 0 atom stereocenters. The van der Waals surface area contributed by atoms with Gasteiger partial charge in [0.1, 0.15) is 0 Å². The largest absolute Gasteiger partial charge is 0.403 e. The van der Waals surface area contributed by atoms with Crippen LogP contribution in [0, 0.1) is 0 Å². The third kappa shape index (κ3) is 4.26. The van der Waals surface area contributed by atoms with Gasteiger partial charge < -0.3 is 10.2 Å². The Morgan fingerprint density at radius 1 is 1.10 bits per heavy atom. The second-order valence-corrected chi connectivity index (χ2v) is 8.05. The molecular formula is C24H22BN3S. The molecule has 4 rings (SSSR count). The van der Waals surface area contributed by atoms with Crippen molar-refractivity contribution in [3.05, 3.63) is 94.8 Å². The van der Waals surface area contributed by atoms with E-state index < -0.39 is 0 Å². The van der Waals surface area contributed by atoms with Crippen LogP contribution in [0.25, 0.3) is 22.1 Å². The van der Waals surface area contributed by atoms with Crippen LogP contribution in [0.5, 0.6) is 0 Å². The monoisotopic (exact) mass is 395 g/mol. The van der Waals surface area contributed by atoms with Gasteiger partial charge >= 0.3 is 0 Å². The maximum atomic E-state index is 6.07. The third-order valence-electron chi connectivity index (χ3n) is 4.85. The molecule has 0 saturated carbocycles. The zero-order valence-electron chi connectivity index (χ0n) is 16.4. The molecule has 1 aliphatic heterocycles. The van der Waals surface area contributed by atoms with Crippen molar-refractivity contribution in [2.24, 2.45) is 10.7 Å². The number of nitrogens with two attached hydrogens (primary N) is 1. The summed E-state index contributed by atoms with van der Waals surface area (Å²) in [5.74, 6) is 0. The summed E-state index contributed by atoms with van der Waals surface area (Å²) in [5, 5.41) is 0. The molecule has 1 aliphatic rings. The summed E-state index contributed by atoms with van der Waals surface area (Å²) in [6.07, 6.45) is 8.87. The van der Waals surface area contributed by atoms with E-state index in [-0.39, 0.29) is 0 Å². The van der Waals surface area contributed by atoms with E-state index in [2.05, 4.69) is 61.5 Å². The topological polar surface area (TPSA) is 43.3 Å². The molecule has 0 fully saturated rings. The number of hydrogen-bond acceptors (Lipinski definition) is 3. The van der Waals surface area contributed by atoms with Gasteiger partial charge in [-0.1, -0.05) is 30.3 Å². The molecule has 0 aliphatic carbocycles. The average Bonchev–Trinajstić information content (AvgIpc) is 3.46. The van der Waals surface area contributed by atoms with Crippen LogP contribution < -0.4 is 5.73 Å². The standard InChI is InChI=1S/C24H22BN3S/c1-17-16-19(27-24(17)21(13-14-26)22-8-5-15-28(22)25)9-10-20-11-12-23(29-20)18-6-3-2-4-7-18/h2-12,15-16H,13-14,26H2,1H3/b10-9+,24-21-. The third-order valence-corrected chi connectivity index (χ3v) is 5.95. The minimum Gasteiger partial charge on any atom is -0.403 e. The maximum Gasteiger partial charge on any atom is 0.234 e. The van der Waals surface area contributed by atoms with Crippen LogP contribution in [0.2, 0.25) is 0 Å². The zero-order valence-corrected chi connectivity index (χ0v) is 17.2. The van der Waals surface area contributed by atoms with E-state index in [0.29, 0.717) is 6.54 Å². The number of benzene rings is 1. The van der Waals surface area contributed by atoms with Crippen molar-refractivity contribution in [3.63, 3.8) is 0 Å². The fraction of sp³-hybridized carbons (Fsp3) is 0.125. The number of aromatic nitrogens is 1. The molecule has 2 aromatic heterocycles. The first-order valence-corrected chi connectivity index (χ1v) is 10.4. The molecule has 142 valence electrons. The van der Waals surface area contributed by atoms with Crippen molar-refractivity contribution in [1.29, 1.82) is 0 Å². The number of aliphatic imine (C=N–C) groups is 1. The highest BCUT2D eigenvalue weighted by Crippen LogP contribution is 2.32. The molecule has 0 bridgehead atoms. The summed E-state index contributed by atoms with van der Waals surface area (Å²) in [7, 11) is 6.07. The minimum atomic E-state index is 0.551. The summed E-state index contributed by atoms with van der Waals surface area (Å²) in [6, 6.07) is 18.7. The molecule has 2 radical (unpaired) electrons. The van der Waals surface area contributed by atoms with E-state index in [0.717, 1.165) is 34.7 Å². The molecule has 3 nitrogen and oxygen atoms in total. The van der Waals surface area contributed by atoms with E-state index in [1.165, 1.54) is 15.3 Å². The summed E-state index contributed by atoms with van der Waals surface area (Å²) in [6.45, 7) is 2.63. The van der Waals surface area contributed by atoms with Gasteiger partial charge in [0.2, 0.25) is 7.98 Å². The predicted octanol–water partition coefficient (Wildman–Crippen LogP) is 5.32. The number of nitrogens with zero attached hydrogens (tertiary/aromatic N) is 2. The molecule has 3 aromatic rings. The Kier molecular flexibility index (Phi) is 5.79. The molecule has 0 spiro atoms. The highest BCUT2D eigenvalue weighted by molar-refractivity contribution is 7.16. The van der Waals surface area contributed by atoms with Crippen molar-refractivity contribution in [2.75, 3.05) is 6.54 Å². The Bertz CT molecular complexity index is 1130. The van der Waals surface area contributed by atoms with Gasteiger partial charge in [0.15, 0.2) is 0 Å². The normalized spacial score (nSPS) is 15.7. The summed E-state index contributed by atoms with van der Waals surface area (Å²) in [4.78, 5) is 7.33. The number of hydrogen-bond donors (Lipinski definition) is 1. The zero-order chi connectivity index (χ0) is 20.2. The fourth-order valence-electron chi connectivity index (χ4n) is 3.46. The second kappa shape index (κ2) is 8.64. The molecule has 0 saturated heterocycles. The first-order valence-electron chi connectivity index (χ1n) is 9.62. The van der Waals surface area contributed by atoms with Gasteiger partial charge in [-0.3, -0.25) is 0 Å². The molecule has 2 N–H and O–H groups in total. The van der Waals surface area contributed by atoms with Crippen LogP contribution in [0.15, 0.2) is 89.2 Å². The fourth-order valence-corrected chi connectivity index (χ4v) is 4.38. The van der Waals surface area contributed by atoms with E-state index in [9.17, 15) is 0 Å². The highest BCUT2D eigenvalue weighted by atomic mass is 32.1. The van der Waals surface area contributed by atoms with Crippen LogP contribution in [0.1, 0.15) is 23.9 Å². The predicted molar refractivity (Wildman–Crippen MR) is 126 cm³/mol.